The molecule has 0 aliphatic heterocycles. The number of azo groups is 1. The fourth-order valence-electron chi connectivity index (χ4n) is 3.37. The number of nitrogens with zero attached hydrogens (tertiary/aromatic N) is 3. The summed E-state index contributed by atoms with van der Waals surface area (Å²) in [4.78, 5) is 12.3. The van der Waals surface area contributed by atoms with Crippen molar-refractivity contribution < 1.29 is 14.6 Å². The van der Waals surface area contributed by atoms with E-state index in [1.165, 1.54) is 0 Å². The third-order valence-corrected chi connectivity index (χ3v) is 4.78. The predicted octanol–water partition coefficient (Wildman–Crippen LogP) is 6.05. The number of ether oxygens (including phenoxy) is 1. The van der Waals surface area contributed by atoms with Crippen LogP contribution in [0.15, 0.2) is 52.7 Å². The smallest absolute Gasteiger partial charge is 0.302 e. The first-order chi connectivity index (χ1) is 13.8. The Hall–Kier alpha value is -3.15. The lowest BCUT2D eigenvalue weighted by Gasteiger charge is -2.13. The highest BCUT2D eigenvalue weighted by molar-refractivity contribution is 5.95. The Morgan fingerprint density at radius 1 is 1.14 bits per heavy atom. The van der Waals surface area contributed by atoms with Crippen LogP contribution in [-0.4, -0.2) is 22.2 Å². The van der Waals surface area contributed by atoms with E-state index < -0.39 is 5.91 Å². The molecular weight excluding hydrogens is 366 g/mol. The molecule has 1 amide bonds. The first kappa shape index (κ1) is 20.6. The fourth-order valence-corrected chi connectivity index (χ4v) is 3.37. The van der Waals surface area contributed by atoms with E-state index in [9.17, 15) is 9.90 Å². The average molecular weight is 393 g/mol. The quantitative estimate of drug-likeness (QED) is 0.518. The Morgan fingerprint density at radius 2 is 1.86 bits per heavy atom. The summed E-state index contributed by atoms with van der Waals surface area (Å²) in [6, 6.07) is 13.5. The molecule has 2 aromatic carbocycles. The van der Waals surface area contributed by atoms with Crippen LogP contribution in [0, 0.1) is 6.92 Å². The van der Waals surface area contributed by atoms with E-state index in [1.54, 1.807) is 4.57 Å². The molecule has 0 saturated heterocycles. The van der Waals surface area contributed by atoms with Crippen molar-refractivity contribution in [3.63, 3.8) is 0 Å². The largest absolute Gasteiger partial charge is 0.493 e. The van der Waals surface area contributed by atoms with Gasteiger partial charge in [-0.05, 0) is 49.9 Å². The maximum absolute atomic E-state index is 12.3. The van der Waals surface area contributed by atoms with Crippen molar-refractivity contribution in [3.8, 4) is 11.6 Å². The normalized spacial score (nSPS) is 11.8. The van der Waals surface area contributed by atoms with Gasteiger partial charge in [0.05, 0.1) is 5.52 Å². The highest BCUT2D eigenvalue weighted by Gasteiger charge is 2.18. The summed E-state index contributed by atoms with van der Waals surface area (Å²) in [6.45, 7) is 9.86. The molecule has 3 rings (SSSR count). The Bertz CT molecular complexity index is 1060. The molecule has 0 fully saturated rings. The number of benzene rings is 2. The van der Waals surface area contributed by atoms with Gasteiger partial charge in [0.2, 0.25) is 5.88 Å². The number of aromatic nitrogens is 1. The van der Waals surface area contributed by atoms with Crippen molar-refractivity contribution in [2.75, 3.05) is 6.61 Å². The monoisotopic (exact) mass is 393 g/mol. The van der Waals surface area contributed by atoms with Crippen molar-refractivity contribution in [2.45, 2.75) is 46.6 Å². The van der Waals surface area contributed by atoms with Gasteiger partial charge in [-0.1, -0.05) is 44.2 Å². The van der Waals surface area contributed by atoms with Gasteiger partial charge in [0.25, 0.3) is 0 Å². The van der Waals surface area contributed by atoms with Crippen LogP contribution < -0.4 is 4.74 Å². The molecule has 0 bridgehead atoms. The number of para-hydroxylation sites is 1. The molecule has 29 heavy (non-hydrogen) atoms. The first-order valence-electron chi connectivity index (χ1n) is 9.79. The molecule has 6 heteroatoms. The SMILES string of the molecule is Cc1ccc(C(C)C)c(OCC(=O)N=Nc2c(O)n(C(C)C)c3ccccc23)c1. The number of hydrogen-bond donors (Lipinski definition) is 1. The molecule has 1 N–H and O–H groups in total. The number of rotatable bonds is 6. The molecule has 3 aromatic rings. The molecule has 1 aromatic heterocycles. The standard InChI is InChI=1S/C23H27N3O3/c1-14(2)17-11-10-16(5)12-20(17)29-13-21(27)24-25-22-18-8-6-7-9-19(18)26(15(3)4)23(22)28/h6-12,14-15,28H,13H2,1-5H3. The molecule has 0 aliphatic carbocycles. The van der Waals surface area contributed by atoms with Gasteiger partial charge in [0, 0.05) is 11.4 Å². The molecule has 6 nitrogen and oxygen atoms in total. The van der Waals surface area contributed by atoms with E-state index in [0.29, 0.717) is 11.4 Å². The third-order valence-electron chi connectivity index (χ3n) is 4.78. The summed E-state index contributed by atoms with van der Waals surface area (Å²) in [5.41, 5.74) is 3.24. The molecule has 0 unspecified atom stereocenters. The van der Waals surface area contributed by atoms with Gasteiger partial charge in [0.15, 0.2) is 12.3 Å². The average Bonchev–Trinajstić information content (AvgIpc) is 2.95. The molecule has 0 atom stereocenters. The van der Waals surface area contributed by atoms with Crippen LogP contribution in [0.25, 0.3) is 10.9 Å². The van der Waals surface area contributed by atoms with E-state index >= 15 is 0 Å². The van der Waals surface area contributed by atoms with Gasteiger partial charge in [0.1, 0.15) is 5.75 Å². The maximum Gasteiger partial charge on any atom is 0.302 e. The Morgan fingerprint density at radius 3 is 2.55 bits per heavy atom. The van der Waals surface area contributed by atoms with Gasteiger partial charge >= 0.3 is 5.91 Å². The van der Waals surface area contributed by atoms with Crippen LogP contribution in [0.1, 0.15) is 50.8 Å². The van der Waals surface area contributed by atoms with Crippen LogP contribution >= 0.6 is 0 Å². The lowest BCUT2D eigenvalue weighted by Crippen LogP contribution is -2.09. The van der Waals surface area contributed by atoms with E-state index in [4.69, 9.17) is 4.74 Å². The van der Waals surface area contributed by atoms with Crippen molar-refractivity contribution in [2.24, 2.45) is 10.2 Å². The van der Waals surface area contributed by atoms with Crippen LogP contribution in [0.4, 0.5) is 5.69 Å². The molecule has 0 saturated carbocycles. The minimum atomic E-state index is -0.512. The van der Waals surface area contributed by atoms with Crippen LogP contribution in [0.3, 0.4) is 0 Å². The number of carbonyl (C=O) groups excluding carboxylic acids is 1. The molecule has 0 aliphatic rings. The number of carbonyl (C=O) groups is 1. The number of amides is 1. The molecule has 1 heterocycles. The van der Waals surface area contributed by atoms with Crippen LogP contribution in [0.2, 0.25) is 0 Å². The maximum atomic E-state index is 12.3. The highest BCUT2D eigenvalue weighted by atomic mass is 16.5. The zero-order chi connectivity index (χ0) is 21.1. The molecule has 0 spiro atoms. The van der Waals surface area contributed by atoms with Crippen molar-refractivity contribution in [1.29, 1.82) is 0 Å². The van der Waals surface area contributed by atoms with Gasteiger partial charge in [-0.3, -0.25) is 4.79 Å². The van der Waals surface area contributed by atoms with Gasteiger partial charge in [-0.15, -0.1) is 10.2 Å². The Balaban J connectivity index is 1.81. The van der Waals surface area contributed by atoms with E-state index in [1.807, 2.05) is 63.2 Å². The summed E-state index contributed by atoms with van der Waals surface area (Å²) in [5.74, 6) is 0.450. The van der Waals surface area contributed by atoms with E-state index in [-0.39, 0.29) is 24.4 Å². The second-order valence-electron chi connectivity index (χ2n) is 7.73. The van der Waals surface area contributed by atoms with Crippen LogP contribution in [0.5, 0.6) is 11.6 Å². The number of hydrogen-bond acceptors (Lipinski definition) is 4. The minimum Gasteiger partial charge on any atom is -0.493 e. The van der Waals surface area contributed by atoms with Crippen molar-refractivity contribution in [1.82, 2.24) is 4.57 Å². The zero-order valence-electron chi connectivity index (χ0n) is 17.5. The second kappa shape index (κ2) is 8.47. The lowest BCUT2D eigenvalue weighted by atomic mass is 10.0. The van der Waals surface area contributed by atoms with Gasteiger partial charge in [-0.25, -0.2) is 0 Å². The van der Waals surface area contributed by atoms with E-state index in [2.05, 4.69) is 24.1 Å². The highest BCUT2D eigenvalue weighted by Crippen LogP contribution is 2.40. The Labute approximate surface area is 170 Å². The number of aromatic hydroxyl groups is 1. The zero-order valence-corrected chi connectivity index (χ0v) is 17.5. The summed E-state index contributed by atoms with van der Waals surface area (Å²) >= 11 is 0. The van der Waals surface area contributed by atoms with E-state index in [0.717, 1.165) is 22.0 Å². The lowest BCUT2D eigenvalue weighted by molar-refractivity contribution is -0.120. The topological polar surface area (TPSA) is 76.2 Å². The summed E-state index contributed by atoms with van der Waals surface area (Å²) in [5, 5.41) is 19.2. The minimum absolute atomic E-state index is 0.000512. The number of aryl methyl sites for hydroxylation is 1. The molecule has 0 radical (unpaired) electrons. The van der Waals surface area contributed by atoms with Crippen molar-refractivity contribution in [3.05, 3.63) is 53.6 Å². The molecule has 152 valence electrons. The van der Waals surface area contributed by atoms with Crippen LogP contribution in [-0.2, 0) is 4.79 Å². The first-order valence-corrected chi connectivity index (χ1v) is 9.79. The number of fused-ring (bicyclic) bond motifs is 1. The van der Waals surface area contributed by atoms with Crippen molar-refractivity contribution >= 4 is 22.5 Å². The summed E-state index contributed by atoms with van der Waals surface area (Å²) in [6.07, 6.45) is 0. The van der Waals surface area contributed by atoms with Gasteiger partial charge in [-0.2, -0.15) is 0 Å². The summed E-state index contributed by atoms with van der Waals surface area (Å²) < 4.78 is 7.49. The second-order valence-corrected chi connectivity index (χ2v) is 7.73. The summed E-state index contributed by atoms with van der Waals surface area (Å²) in [7, 11) is 0. The third kappa shape index (κ3) is 4.31. The Kier molecular flexibility index (Phi) is 6.01. The predicted molar refractivity (Wildman–Crippen MR) is 114 cm³/mol. The van der Waals surface area contributed by atoms with Gasteiger partial charge < -0.3 is 14.4 Å². The molecular formula is C23H27N3O3. The fraction of sp³-hybridized carbons (Fsp3) is 0.348.